The number of rotatable bonds is 1. The molecule has 0 N–H and O–H groups in total. The van der Waals surface area contributed by atoms with Crippen LogP contribution < -0.4 is 24.8 Å². The predicted molar refractivity (Wildman–Crippen MR) is 198 cm³/mol. The van der Waals surface area contributed by atoms with E-state index in [2.05, 4.69) is 121 Å². The molecule has 2 atom stereocenters. The van der Waals surface area contributed by atoms with E-state index in [0.717, 1.165) is 36.0 Å². The molecular formula is C46H60Cl2Zr-2. The van der Waals surface area contributed by atoms with Crippen LogP contribution in [0.1, 0.15) is 129 Å². The molecule has 4 bridgehead atoms. The Kier molecular flexibility index (Phi) is 11.0. The monoisotopic (exact) mass is 772 g/mol. The number of hydrogen-bond acceptors (Lipinski definition) is 0. The number of allylic oxidation sites excluding steroid dienone is 6. The summed E-state index contributed by atoms with van der Waals surface area (Å²) in [5, 5.41) is 0. The predicted octanol–water partition coefficient (Wildman–Crippen LogP) is 6.19. The van der Waals surface area contributed by atoms with E-state index in [1.165, 1.54) is 53.8 Å². The second kappa shape index (κ2) is 13.8. The summed E-state index contributed by atoms with van der Waals surface area (Å²) in [5.74, 6) is 7.47. The van der Waals surface area contributed by atoms with Crippen molar-refractivity contribution in [3.63, 3.8) is 0 Å². The van der Waals surface area contributed by atoms with Crippen LogP contribution in [0.4, 0.5) is 0 Å². The quantitative estimate of drug-likeness (QED) is 0.304. The topological polar surface area (TPSA) is 0 Å². The SMILES string of the molecule is C[C-]1C2=C3Cc4ccccc4C3=C3C=CCCC3C2(C)C(C)(C)C(C)(C)C1(C)C.Cc1cc(C2C3CC4CC(C3)CC2C4)c[cH-]1.[CH2]=[Zr+2].[Cl-].[Cl-]. The van der Waals surface area contributed by atoms with Crippen LogP contribution in [0.2, 0.25) is 0 Å². The van der Waals surface area contributed by atoms with E-state index in [9.17, 15) is 0 Å². The van der Waals surface area contributed by atoms with Gasteiger partial charge in [-0.25, -0.2) is 12.0 Å². The average molecular weight is 775 g/mol. The fraction of sp³-hybridized carbons (Fsp3) is 0.587. The van der Waals surface area contributed by atoms with Crippen LogP contribution in [0.5, 0.6) is 0 Å². The molecule has 0 aromatic heterocycles. The van der Waals surface area contributed by atoms with Gasteiger partial charge >= 0.3 is 28.4 Å². The Morgan fingerprint density at radius 3 is 2.06 bits per heavy atom. The van der Waals surface area contributed by atoms with Crippen molar-refractivity contribution in [2.75, 3.05) is 0 Å². The van der Waals surface area contributed by atoms with Crippen LogP contribution in [-0.4, -0.2) is 4.21 Å². The summed E-state index contributed by atoms with van der Waals surface area (Å²) in [4.78, 5) is 0. The molecule has 8 aliphatic rings. The largest absolute Gasteiger partial charge is 1.00 e. The zero-order valence-corrected chi connectivity index (χ0v) is 35.8. The Morgan fingerprint density at radius 2 is 1.47 bits per heavy atom. The van der Waals surface area contributed by atoms with Crippen LogP contribution in [0.25, 0.3) is 5.57 Å². The van der Waals surface area contributed by atoms with Gasteiger partial charge in [-0.05, 0) is 96.3 Å². The van der Waals surface area contributed by atoms with E-state index < -0.39 is 0 Å². The summed E-state index contributed by atoms with van der Waals surface area (Å²) in [7, 11) is 0. The van der Waals surface area contributed by atoms with Crippen LogP contribution in [-0.2, 0) is 30.7 Å². The summed E-state index contributed by atoms with van der Waals surface area (Å²) in [6, 6.07) is 16.3. The molecule has 3 heteroatoms. The summed E-state index contributed by atoms with van der Waals surface area (Å²) in [5.41, 5.74) is 13.4. The second-order valence-corrected chi connectivity index (χ2v) is 18.4. The molecule has 2 aromatic rings. The van der Waals surface area contributed by atoms with Crippen LogP contribution >= 0.6 is 0 Å². The maximum absolute atomic E-state index is 3.34. The maximum atomic E-state index is 3.34. The van der Waals surface area contributed by atoms with Gasteiger partial charge in [0.1, 0.15) is 0 Å². The molecular weight excluding hydrogens is 715 g/mol. The van der Waals surface area contributed by atoms with E-state index in [1.54, 1.807) is 65.9 Å². The zero-order valence-electron chi connectivity index (χ0n) is 31.8. The first-order valence-corrected chi connectivity index (χ1v) is 20.7. The molecule has 264 valence electrons. The van der Waals surface area contributed by atoms with Crippen molar-refractivity contribution in [1.82, 2.24) is 0 Å². The molecule has 0 amide bonds. The molecule has 5 fully saturated rings. The van der Waals surface area contributed by atoms with Crippen molar-refractivity contribution in [2.45, 2.75) is 120 Å². The first-order chi connectivity index (χ1) is 22.3. The summed E-state index contributed by atoms with van der Waals surface area (Å²) in [6.07, 6.45) is 16.2. The molecule has 2 unspecified atom stereocenters. The average Bonchev–Trinajstić information content (AvgIpc) is 3.64. The van der Waals surface area contributed by atoms with Crippen molar-refractivity contribution in [3.8, 4) is 0 Å². The van der Waals surface area contributed by atoms with Gasteiger partial charge in [0.2, 0.25) is 0 Å². The molecule has 0 heterocycles. The first-order valence-electron chi connectivity index (χ1n) is 18.9. The van der Waals surface area contributed by atoms with Gasteiger partial charge in [0.05, 0.1) is 0 Å². The van der Waals surface area contributed by atoms with Crippen molar-refractivity contribution in [1.29, 1.82) is 0 Å². The van der Waals surface area contributed by atoms with Gasteiger partial charge in [-0.3, -0.25) is 0 Å². The number of fused-ring (bicyclic) bond motifs is 6. The van der Waals surface area contributed by atoms with E-state index in [-0.39, 0.29) is 46.5 Å². The molecule has 0 radical (unpaired) electrons. The molecule has 0 saturated heterocycles. The van der Waals surface area contributed by atoms with E-state index >= 15 is 0 Å². The Hall–Kier alpha value is -1.01. The van der Waals surface area contributed by atoms with Crippen LogP contribution in [0.3, 0.4) is 0 Å². The smallest absolute Gasteiger partial charge is 1.00 e. The van der Waals surface area contributed by atoms with E-state index in [1.807, 2.05) is 0 Å². The molecule has 0 spiro atoms. The minimum atomic E-state index is 0. The fourth-order valence-electron chi connectivity index (χ4n) is 12.8. The number of benzene rings is 1. The molecule has 10 rings (SSSR count). The van der Waals surface area contributed by atoms with Crippen molar-refractivity contribution >= 4 is 9.78 Å². The second-order valence-electron chi connectivity index (χ2n) is 18.4. The zero-order chi connectivity index (χ0) is 33.7. The van der Waals surface area contributed by atoms with Gasteiger partial charge in [0, 0.05) is 0 Å². The van der Waals surface area contributed by atoms with Crippen LogP contribution in [0.15, 0.2) is 71.3 Å². The third kappa shape index (κ3) is 5.54. The van der Waals surface area contributed by atoms with Crippen LogP contribution in [0, 0.1) is 64.1 Å². The standard InChI is InChI=1S/C29H37.C16H21.CH2.2ClH.Zr/c1-18-25-22-17-19-13-9-10-14-20(19)24(22)21-15-11-12-16-23(21)29(25,8)28(6,7)27(4,5)26(18,2)3;1-10-2-3-13(4-10)16-14-6-11-5-12(8-14)9-15(16)7-11;;;;/h9-11,13-15,23H,12,16-17H2,1-8H3;2-4,11-12,14-16H,5-9H2,1H3;1H2;2*1H;/q2*-1;;;;+2/p-2. The number of aryl methyl sites for hydroxylation is 1. The van der Waals surface area contributed by atoms with Gasteiger partial charge in [-0.15, -0.1) is 6.92 Å². The normalized spacial score (nSPS) is 34.6. The van der Waals surface area contributed by atoms with Crippen molar-refractivity contribution < 1.29 is 49.0 Å². The van der Waals surface area contributed by atoms with Crippen molar-refractivity contribution in [3.05, 3.63) is 99.5 Å². The minimum absolute atomic E-state index is 0. The first kappa shape index (κ1) is 39.2. The molecule has 5 saturated carbocycles. The molecule has 49 heavy (non-hydrogen) atoms. The summed E-state index contributed by atoms with van der Waals surface area (Å²) >= 11 is 1.30. The Balaban J connectivity index is 0.000000198. The van der Waals surface area contributed by atoms with Gasteiger partial charge in [0.15, 0.2) is 0 Å². The van der Waals surface area contributed by atoms with E-state index in [4.69, 9.17) is 0 Å². The van der Waals surface area contributed by atoms with Gasteiger partial charge < -0.3 is 24.8 Å². The molecule has 0 aliphatic heterocycles. The summed E-state index contributed by atoms with van der Waals surface area (Å²) in [6.45, 7) is 22.5. The molecule has 0 nitrogen and oxygen atoms in total. The third-order valence-electron chi connectivity index (χ3n) is 16.3. The van der Waals surface area contributed by atoms with Gasteiger partial charge in [-0.1, -0.05) is 126 Å². The Labute approximate surface area is 327 Å². The Bertz CT molecular complexity index is 1620. The summed E-state index contributed by atoms with van der Waals surface area (Å²) < 4.78 is 3.34. The minimum Gasteiger partial charge on any atom is -1.00 e. The number of halogens is 2. The van der Waals surface area contributed by atoms with Gasteiger partial charge in [0.25, 0.3) is 0 Å². The maximum Gasteiger partial charge on any atom is -1.00 e. The third-order valence-corrected chi connectivity index (χ3v) is 16.3. The van der Waals surface area contributed by atoms with E-state index in [0.29, 0.717) is 5.92 Å². The van der Waals surface area contributed by atoms with Crippen molar-refractivity contribution in [2.24, 2.45) is 51.2 Å². The molecule has 2 aromatic carbocycles. The van der Waals surface area contributed by atoms with Gasteiger partial charge in [-0.2, -0.15) is 34.4 Å². The molecule has 8 aliphatic carbocycles. The number of hydrogen-bond donors (Lipinski definition) is 0. The Morgan fingerprint density at radius 1 is 0.857 bits per heavy atom. The fourth-order valence-corrected chi connectivity index (χ4v) is 12.8.